The van der Waals surface area contributed by atoms with Gasteiger partial charge in [0.05, 0.1) is 18.6 Å². The van der Waals surface area contributed by atoms with Gasteiger partial charge in [-0.05, 0) is 19.3 Å². The van der Waals surface area contributed by atoms with Gasteiger partial charge in [-0.3, -0.25) is 4.79 Å². The van der Waals surface area contributed by atoms with Gasteiger partial charge < -0.3 is 10.0 Å². The predicted molar refractivity (Wildman–Crippen MR) is 62.6 cm³/mol. The molecule has 4 nitrogen and oxygen atoms in total. The van der Waals surface area contributed by atoms with Gasteiger partial charge in [-0.15, -0.1) is 0 Å². The Bertz CT molecular complexity index is 244. The summed E-state index contributed by atoms with van der Waals surface area (Å²) in [6, 6.07) is 2.05. The number of hydrogen-bond acceptors (Lipinski definition) is 3. The zero-order valence-corrected chi connectivity index (χ0v) is 10.4. The van der Waals surface area contributed by atoms with Crippen molar-refractivity contribution in [1.29, 1.82) is 5.26 Å². The molecule has 1 N–H and O–H groups in total. The average molecular weight is 226 g/mol. The summed E-state index contributed by atoms with van der Waals surface area (Å²) in [6.07, 6.45) is 0.768. The molecule has 92 valence electrons. The molecule has 0 radical (unpaired) electrons. The fraction of sp³-hybridized carbons (Fsp3) is 0.833. The van der Waals surface area contributed by atoms with Crippen LogP contribution in [-0.4, -0.2) is 35.1 Å². The summed E-state index contributed by atoms with van der Waals surface area (Å²) in [6.45, 7) is 6.94. The molecule has 0 saturated heterocycles. The van der Waals surface area contributed by atoms with E-state index in [4.69, 9.17) is 10.4 Å². The molecule has 0 aromatic rings. The number of nitrogens with zero attached hydrogens (tertiary/aromatic N) is 2. The molecule has 0 heterocycles. The van der Waals surface area contributed by atoms with Crippen LogP contribution in [0.25, 0.3) is 0 Å². The van der Waals surface area contributed by atoms with Crippen LogP contribution in [0.1, 0.15) is 40.0 Å². The molecular formula is C12H22N2O2. The Morgan fingerprint density at radius 2 is 2.06 bits per heavy atom. The van der Waals surface area contributed by atoms with Crippen LogP contribution < -0.4 is 0 Å². The van der Waals surface area contributed by atoms with E-state index in [0.717, 1.165) is 0 Å². The van der Waals surface area contributed by atoms with Gasteiger partial charge >= 0.3 is 0 Å². The summed E-state index contributed by atoms with van der Waals surface area (Å²) in [4.78, 5) is 13.5. The van der Waals surface area contributed by atoms with Gasteiger partial charge in [0.2, 0.25) is 5.91 Å². The van der Waals surface area contributed by atoms with Gasteiger partial charge in [0, 0.05) is 19.5 Å². The third-order valence-corrected chi connectivity index (χ3v) is 2.21. The van der Waals surface area contributed by atoms with Gasteiger partial charge in [-0.25, -0.2) is 0 Å². The molecule has 0 aromatic carbocycles. The van der Waals surface area contributed by atoms with E-state index in [1.807, 2.05) is 19.9 Å². The minimum absolute atomic E-state index is 0.0323. The Balaban J connectivity index is 4.15. The Kier molecular flexibility index (Phi) is 7.57. The summed E-state index contributed by atoms with van der Waals surface area (Å²) in [5.74, 6) is 0.430. The lowest BCUT2D eigenvalue weighted by Crippen LogP contribution is -2.35. The zero-order chi connectivity index (χ0) is 12.6. The SMILES string of the molecule is CC(C)CN(CCC#N)C(=O)CCC(C)O. The highest BCUT2D eigenvalue weighted by Crippen LogP contribution is 2.05. The predicted octanol–water partition coefficient (Wildman–Crippen LogP) is 1.55. The normalized spacial score (nSPS) is 12.2. The Morgan fingerprint density at radius 3 is 2.50 bits per heavy atom. The standard InChI is InChI=1S/C12H22N2O2/c1-10(2)9-14(8-4-7-13)12(16)6-5-11(3)15/h10-11,15H,4-6,8-9H2,1-3H3. The van der Waals surface area contributed by atoms with Gasteiger partial charge in [0.1, 0.15) is 0 Å². The van der Waals surface area contributed by atoms with Crippen molar-refractivity contribution < 1.29 is 9.90 Å². The van der Waals surface area contributed by atoms with Crippen molar-refractivity contribution in [3.05, 3.63) is 0 Å². The first kappa shape index (κ1) is 14.9. The second kappa shape index (κ2) is 8.12. The molecule has 0 aliphatic heterocycles. The number of aliphatic hydroxyl groups is 1. The molecule has 0 rings (SSSR count). The number of aliphatic hydroxyl groups excluding tert-OH is 1. The summed E-state index contributed by atoms with van der Waals surface area (Å²) < 4.78 is 0. The van der Waals surface area contributed by atoms with Crippen molar-refractivity contribution >= 4 is 5.91 Å². The monoisotopic (exact) mass is 226 g/mol. The van der Waals surface area contributed by atoms with E-state index in [2.05, 4.69) is 0 Å². The first-order chi connectivity index (χ1) is 7.47. The van der Waals surface area contributed by atoms with Crippen LogP contribution in [-0.2, 0) is 4.79 Å². The van der Waals surface area contributed by atoms with Gasteiger partial charge in [-0.1, -0.05) is 13.8 Å². The molecule has 0 fully saturated rings. The quantitative estimate of drug-likeness (QED) is 0.716. The molecule has 0 aliphatic carbocycles. The minimum Gasteiger partial charge on any atom is -0.393 e. The van der Waals surface area contributed by atoms with Crippen LogP contribution in [0.4, 0.5) is 0 Å². The first-order valence-electron chi connectivity index (χ1n) is 5.80. The molecule has 0 aliphatic rings. The van der Waals surface area contributed by atoms with Crippen LogP contribution in [0.5, 0.6) is 0 Å². The Hall–Kier alpha value is -1.08. The zero-order valence-electron chi connectivity index (χ0n) is 10.4. The summed E-state index contributed by atoms with van der Waals surface area (Å²) >= 11 is 0. The molecule has 4 heteroatoms. The fourth-order valence-corrected chi connectivity index (χ4v) is 1.43. The second-order valence-corrected chi connectivity index (χ2v) is 4.53. The van der Waals surface area contributed by atoms with Crippen LogP contribution in [0.15, 0.2) is 0 Å². The van der Waals surface area contributed by atoms with Crippen molar-refractivity contribution in [2.75, 3.05) is 13.1 Å². The Morgan fingerprint density at radius 1 is 1.44 bits per heavy atom. The summed E-state index contributed by atoms with van der Waals surface area (Å²) in [7, 11) is 0. The van der Waals surface area contributed by atoms with E-state index < -0.39 is 6.10 Å². The Labute approximate surface area is 97.9 Å². The van der Waals surface area contributed by atoms with Crippen LogP contribution in [0.3, 0.4) is 0 Å². The highest BCUT2D eigenvalue weighted by Gasteiger charge is 2.14. The molecule has 16 heavy (non-hydrogen) atoms. The number of rotatable bonds is 7. The third kappa shape index (κ3) is 7.24. The molecule has 0 saturated carbocycles. The van der Waals surface area contributed by atoms with Crippen molar-refractivity contribution in [2.24, 2.45) is 5.92 Å². The lowest BCUT2D eigenvalue weighted by molar-refractivity contribution is -0.132. The number of amides is 1. The second-order valence-electron chi connectivity index (χ2n) is 4.53. The maximum atomic E-state index is 11.8. The smallest absolute Gasteiger partial charge is 0.222 e. The van der Waals surface area contributed by atoms with Crippen LogP contribution >= 0.6 is 0 Å². The maximum absolute atomic E-state index is 11.8. The highest BCUT2D eigenvalue weighted by molar-refractivity contribution is 5.76. The molecule has 0 bridgehead atoms. The van der Waals surface area contributed by atoms with Gasteiger partial charge in [0.15, 0.2) is 0 Å². The first-order valence-corrected chi connectivity index (χ1v) is 5.80. The highest BCUT2D eigenvalue weighted by atomic mass is 16.3. The average Bonchev–Trinajstić information content (AvgIpc) is 2.20. The van der Waals surface area contributed by atoms with Gasteiger partial charge in [-0.2, -0.15) is 5.26 Å². The number of nitriles is 1. The third-order valence-electron chi connectivity index (χ3n) is 2.21. The molecular weight excluding hydrogens is 204 g/mol. The van der Waals surface area contributed by atoms with E-state index in [9.17, 15) is 4.79 Å². The van der Waals surface area contributed by atoms with Gasteiger partial charge in [0.25, 0.3) is 0 Å². The summed E-state index contributed by atoms with van der Waals surface area (Å²) in [5, 5.41) is 17.6. The molecule has 1 amide bonds. The largest absolute Gasteiger partial charge is 0.393 e. The lowest BCUT2D eigenvalue weighted by Gasteiger charge is -2.23. The van der Waals surface area contributed by atoms with E-state index in [1.54, 1.807) is 11.8 Å². The van der Waals surface area contributed by atoms with E-state index >= 15 is 0 Å². The van der Waals surface area contributed by atoms with Crippen LogP contribution in [0.2, 0.25) is 0 Å². The maximum Gasteiger partial charge on any atom is 0.222 e. The van der Waals surface area contributed by atoms with Crippen molar-refractivity contribution in [3.8, 4) is 6.07 Å². The van der Waals surface area contributed by atoms with Crippen molar-refractivity contribution in [3.63, 3.8) is 0 Å². The molecule has 0 aromatic heterocycles. The molecule has 1 unspecified atom stereocenters. The number of carbonyl (C=O) groups is 1. The van der Waals surface area contributed by atoms with Crippen molar-refractivity contribution in [1.82, 2.24) is 4.90 Å². The number of carbonyl (C=O) groups excluding carboxylic acids is 1. The molecule has 0 spiro atoms. The van der Waals surface area contributed by atoms with E-state index in [1.165, 1.54) is 0 Å². The van der Waals surface area contributed by atoms with Crippen molar-refractivity contribution in [2.45, 2.75) is 46.1 Å². The lowest BCUT2D eigenvalue weighted by atomic mass is 10.1. The summed E-state index contributed by atoms with van der Waals surface area (Å²) in [5.41, 5.74) is 0. The number of hydrogen-bond donors (Lipinski definition) is 1. The molecule has 1 atom stereocenters. The van der Waals surface area contributed by atoms with E-state index in [-0.39, 0.29) is 5.91 Å². The topological polar surface area (TPSA) is 64.3 Å². The van der Waals surface area contributed by atoms with E-state index in [0.29, 0.717) is 38.3 Å². The fourth-order valence-electron chi connectivity index (χ4n) is 1.43. The van der Waals surface area contributed by atoms with Crippen LogP contribution in [0, 0.1) is 17.2 Å². The minimum atomic E-state index is -0.444.